The molecule has 1 rings (SSSR count). The predicted octanol–water partition coefficient (Wildman–Crippen LogP) is -2.83. The van der Waals surface area contributed by atoms with Gasteiger partial charge in [-0.1, -0.05) is 5.21 Å². The summed E-state index contributed by atoms with van der Waals surface area (Å²) < 4.78 is 1.29. The molecule has 0 spiro atoms. The summed E-state index contributed by atoms with van der Waals surface area (Å²) in [5.41, 5.74) is 4.89. The number of amides is 2. The molecule has 104 valence electrons. The molecule has 0 bridgehead atoms. The van der Waals surface area contributed by atoms with Gasteiger partial charge in [0, 0.05) is 6.54 Å². The Morgan fingerprint density at radius 2 is 2.05 bits per heavy atom. The van der Waals surface area contributed by atoms with Gasteiger partial charge in [-0.15, -0.1) is 5.10 Å². The second kappa shape index (κ2) is 7.06. The lowest BCUT2D eigenvalue weighted by Crippen LogP contribution is -2.40. The second-order valence-electron chi connectivity index (χ2n) is 3.50. The molecule has 0 unspecified atom stereocenters. The van der Waals surface area contributed by atoms with Crippen molar-refractivity contribution in [1.82, 2.24) is 25.6 Å². The molecule has 10 nitrogen and oxygen atoms in total. The molecule has 0 fully saturated rings. The Balaban J connectivity index is 2.24. The molecular weight excluding hydrogens is 256 g/mol. The van der Waals surface area contributed by atoms with E-state index in [1.807, 2.05) is 0 Å². The van der Waals surface area contributed by atoms with E-state index >= 15 is 0 Å². The van der Waals surface area contributed by atoms with Gasteiger partial charge >= 0.3 is 5.97 Å². The maximum atomic E-state index is 11.3. The van der Waals surface area contributed by atoms with Gasteiger partial charge in [-0.2, -0.15) is 0 Å². The number of nitrogens with one attached hydrogen (secondary N) is 2. The highest BCUT2D eigenvalue weighted by Gasteiger charge is 2.08. The van der Waals surface area contributed by atoms with Crippen molar-refractivity contribution in [3.05, 3.63) is 11.9 Å². The zero-order valence-electron chi connectivity index (χ0n) is 10.00. The molecule has 2 amide bonds. The third kappa shape index (κ3) is 5.12. The number of nitrogens with two attached hydrogens (primary N) is 1. The van der Waals surface area contributed by atoms with Crippen molar-refractivity contribution in [2.75, 3.05) is 19.6 Å². The molecular formula is C9H14N6O4. The summed E-state index contributed by atoms with van der Waals surface area (Å²) in [7, 11) is 0. The summed E-state index contributed by atoms with van der Waals surface area (Å²) in [5, 5.41) is 20.4. The van der Waals surface area contributed by atoms with Gasteiger partial charge in [0.05, 0.1) is 25.8 Å². The molecule has 0 aliphatic carbocycles. The highest BCUT2D eigenvalue weighted by Crippen LogP contribution is 1.91. The molecule has 0 radical (unpaired) electrons. The van der Waals surface area contributed by atoms with Crippen LogP contribution < -0.4 is 16.4 Å². The number of rotatable bonds is 7. The van der Waals surface area contributed by atoms with Crippen LogP contribution in [0.4, 0.5) is 0 Å². The fourth-order valence-corrected chi connectivity index (χ4v) is 1.13. The zero-order valence-corrected chi connectivity index (χ0v) is 10.00. The lowest BCUT2D eigenvalue weighted by molar-refractivity contribution is -0.125. The van der Waals surface area contributed by atoms with Crippen LogP contribution in [0.2, 0.25) is 0 Å². The number of carbonyl (C=O) groups is 3. The molecule has 0 saturated heterocycles. The predicted molar refractivity (Wildman–Crippen MR) is 62.1 cm³/mol. The maximum Gasteiger partial charge on any atom is 0.358 e. The summed E-state index contributed by atoms with van der Waals surface area (Å²) in [6.07, 6.45) is 1.25. The quantitative estimate of drug-likeness (QED) is 0.416. The summed E-state index contributed by atoms with van der Waals surface area (Å²) in [6.45, 7) is 0.175. The van der Waals surface area contributed by atoms with E-state index in [9.17, 15) is 14.4 Å². The SMILES string of the molecule is NCC(=O)NCC(=O)NCCn1cc(C(=O)O)nn1. The van der Waals surface area contributed by atoms with E-state index in [2.05, 4.69) is 20.9 Å². The van der Waals surface area contributed by atoms with Gasteiger partial charge in [-0.25, -0.2) is 9.48 Å². The molecule has 0 aromatic carbocycles. The van der Waals surface area contributed by atoms with E-state index in [4.69, 9.17) is 10.8 Å². The summed E-state index contributed by atoms with van der Waals surface area (Å²) in [5.74, 6) is -1.96. The first-order valence-corrected chi connectivity index (χ1v) is 5.40. The zero-order chi connectivity index (χ0) is 14.3. The highest BCUT2D eigenvalue weighted by atomic mass is 16.4. The average Bonchev–Trinajstić information content (AvgIpc) is 2.85. The Bertz CT molecular complexity index is 471. The largest absolute Gasteiger partial charge is 0.476 e. The van der Waals surface area contributed by atoms with Gasteiger partial charge in [0.25, 0.3) is 0 Å². The summed E-state index contributed by atoms with van der Waals surface area (Å²) in [6, 6.07) is 0. The summed E-state index contributed by atoms with van der Waals surface area (Å²) >= 11 is 0. The van der Waals surface area contributed by atoms with Gasteiger partial charge in [0.1, 0.15) is 0 Å². The number of aromatic nitrogens is 3. The first-order valence-electron chi connectivity index (χ1n) is 5.40. The third-order valence-electron chi connectivity index (χ3n) is 2.05. The Morgan fingerprint density at radius 1 is 1.32 bits per heavy atom. The minimum atomic E-state index is -1.17. The number of hydrogen-bond donors (Lipinski definition) is 4. The van der Waals surface area contributed by atoms with Crippen LogP contribution in [0.25, 0.3) is 0 Å². The van der Waals surface area contributed by atoms with Crippen molar-refractivity contribution >= 4 is 17.8 Å². The van der Waals surface area contributed by atoms with Crippen LogP contribution in [0.15, 0.2) is 6.20 Å². The topological polar surface area (TPSA) is 152 Å². The highest BCUT2D eigenvalue weighted by molar-refractivity contribution is 5.85. The first-order chi connectivity index (χ1) is 9.02. The molecule has 19 heavy (non-hydrogen) atoms. The van der Waals surface area contributed by atoms with Crippen LogP contribution in [-0.2, 0) is 16.1 Å². The van der Waals surface area contributed by atoms with E-state index in [-0.39, 0.29) is 37.8 Å². The van der Waals surface area contributed by atoms with Gasteiger partial charge in [-0.3, -0.25) is 9.59 Å². The van der Waals surface area contributed by atoms with E-state index in [1.165, 1.54) is 10.9 Å². The molecule has 0 aliphatic heterocycles. The van der Waals surface area contributed by atoms with Crippen molar-refractivity contribution in [2.45, 2.75) is 6.54 Å². The number of carboxylic acids is 1. The molecule has 0 atom stereocenters. The van der Waals surface area contributed by atoms with Crippen LogP contribution in [0.5, 0.6) is 0 Å². The Morgan fingerprint density at radius 3 is 2.63 bits per heavy atom. The fourth-order valence-electron chi connectivity index (χ4n) is 1.13. The van der Waals surface area contributed by atoms with E-state index in [0.29, 0.717) is 0 Å². The number of carboxylic acid groups (broad SMARTS) is 1. The van der Waals surface area contributed by atoms with Crippen LogP contribution in [0.1, 0.15) is 10.5 Å². The average molecular weight is 270 g/mol. The number of hydrogen-bond acceptors (Lipinski definition) is 6. The van der Waals surface area contributed by atoms with E-state index in [0.717, 1.165) is 0 Å². The minimum Gasteiger partial charge on any atom is -0.476 e. The van der Waals surface area contributed by atoms with Gasteiger partial charge in [0.2, 0.25) is 11.8 Å². The van der Waals surface area contributed by atoms with Gasteiger partial charge in [-0.05, 0) is 0 Å². The van der Waals surface area contributed by atoms with Crippen LogP contribution in [0.3, 0.4) is 0 Å². The first kappa shape index (κ1) is 14.6. The third-order valence-corrected chi connectivity index (χ3v) is 2.05. The standard InChI is InChI=1S/C9H14N6O4/c10-3-7(16)12-4-8(17)11-1-2-15-5-6(9(18)19)13-14-15/h5H,1-4,10H2,(H,11,17)(H,12,16)(H,18,19). The monoisotopic (exact) mass is 270 g/mol. The normalized spacial score (nSPS) is 9.95. The smallest absolute Gasteiger partial charge is 0.358 e. The van der Waals surface area contributed by atoms with Crippen LogP contribution in [0, 0.1) is 0 Å². The van der Waals surface area contributed by atoms with Crippen molar-refractivity contribution in [3.63, 3.8) is 0 Å². The number of aromatic carboxylic acids is 1. The molecule has 0 saturated carbocycles. The minimum absolute atomic E-state index is 0.159. The lowest BCUT2D eigenvalue weighted by atomic mass is 10.5. The van der Waals surface area contributed by atoms with Crippen molar-refractivity contribution in [1.29, 1.82) is 0 Å². The lowest BCUT2D eigenvalue weighted by Gasteiger charge is -2.05. The number of nitrogens with zero attached hydrogens (tertiary/aromatic N) is 3. The molecule has 1 aromatic rings. The number of carbonyl (C=O) groups excluding carboxylic acids is 2. The van der Waals surface area contributed by atoms with Crippen molar-refractivity contribution in [2.24, 2.45) is 5.73 Å². The van der Waals surface area contributed by atoms with Crippen LogP contribution in [-0.4, -0.2) is 57.5 Å². The van der Waals surface area contributed by atoms with E-state index in [1.54, 1.807) is 0 Å². The molecule has 1 heterocycles. The Hall–Kier alpha value is -2.49. The van der Waals surface area contributed by atoms with Crippen molar-refractivity contribution in [3.8, 4) is 0 Å². The van der Waals surface area contributed by atoms with Gasteiger partial charge in [0.15, 0.2) is 5.69 Å². The van der Waals surface area contributed by atoms with Crippen LogP contribution >= 0.6 is 0 Å². The maximum absolute atomic E-state index is 11.3. The molecule has 0 aliphatic rings. The molecule has 10 heteroatoms. The molecule has 5 N–H and O–H groups in total. The Labute approximate surface area is 107 Å². The van der Waals surface area contributed by atoms with Crippen molar-refractivity contribution < 1.29 is 19.5 Å². The fraction of sp³-hybridized carbons (Fsp3) is 0.444. The van der Waals surface area contributed by atoms with Gasteiger partial charge < -0.3 is 21.5 Å². The Kier molecular flexibility index (Phi) is 5.41. The van der Waals surface area contributed by atoms with E-state index < -0.39 is 11.9 Å². The summed E-state index contributed by atoms with van der Waals surface area (Å²) in [4.78, 5) is 32.6. The second-order valence-corrected chi connectivity index (χ2v) is 3.50. The molecule has 1 aromatic heterocycles.